The third-order valence-electron chi connectivity index (χ3n) is 3.29. The summed E-state index contributed by atoms with van der Waals surface area (Å²) in [7, 11) is 0. The summed E-state index contributed by atoms with van der Waals surface area (Å²) in [5.41, 5.74) is 0. The molecule has 4 nitrogen and oxygen atoms in total. The molecule has 0 aromatic heterocycles. The van der Waals surface area contributed by atoms with Crippen molar-refractivity contribution in [2.45, 2.75) is 31.9 Å². The topological polar surface area (TPSA) is 58.6 Å². The van der Waals surface area contributed by atoms with Gasteiger partial charge in [0.15, 0.2) is 0 Å². The van der Waals surface area contributed by atoms with Crippen molar-refractivity contribution in [3.8, 4) is 0 Å². The minimum absolute atomic E-state index is 0.0551. The highest BCUT2D eigenvalue weighted by molar-refractivity contribution is 5.70. The molecule has 0 heterocycles. The predicted octanol–water partition coefficient (Wildman–Crippen LogP) is 2.05. The Kier molecular flexibility index (Phi) is 6.57. The van der Waals surface area contributed by atoms with Gasteiger partial charge < -0.3 is 15.2 Å². The maximum absolute atomic E-state index is 11.8. The Morgan fingerprint density at radius 3 is 2.74 bits per heavy atom. The minimum Gasteiger partial charge on any atom is -0.481 e. The zero-order chi connectivity index (χ0) is 14.3. The molecule has 0 amide bonds. The number of alkyl halides is 3. The monoisotopic (exact) mass is 283 g/mol. The molecular formula is C12H20F3NO3. The first-order valence-corrected chi connectivity index (χ1v) is 6.48. The zero-order valence-corrected chi connectivity index (χ0v) is 10.7. The standard InChI is InChI=1S/C12H20F3NO3/c13-12(14,15)8-19-6-2-5-16-7-9-3-1-4-10(9)11(17)18/h9-10,16H,1-8H2,(H,17,18). The highest BCUT2D eigenvalue weighted by Crippen LogP contribution is 2.31. The molecule has 0 bridgehead atoms. The van der Waals surface area contributed by atoms with Crippen molar-refractivity contribution in [3.05, 3.63) is 0 Å². The quantitative estimate of drug-likeness (QED) is 0.669. The summed E-state index contributed by atoms with van der Waals surface area (Å²) in [6.07, 6.45) is -1.24. The van der Waals surface area contributed by atoms with E-state index < -0.39 is 18.8 Å². The Balaban J connectivity index is 2.00. The van der Waals surface area contributed by atoms with E-state index in [1.807, 2.05) is 0 Å². The molecule has 2 atom stereocenters. The van der Waals surface area contributed by atoms with Crippen LogP contribution in [0.3, 0.4) is 0 Å². The molecular weight excluding hydrogens is 263 g/mol. The lowest BCUT2D eigenvalue weighted by atomic mass is 9.96. The Labute approximate surface area is 110 Å². The second-order valence-electron chi connectivity index (χ2n) is 4.86. The van der Waals surface area contributed by atoms with E-state index in [9.17, 15) is 18.0 Å². The highest BCUT2D eigenvalue weighted by atomic mass is 19.4. The Hall–Kier alpha value is -0.820. The molecule has 1 aliphatic rings. The summed E-state index contributed by atoms with van der Waals surface area (Å²) in [5, 5.41) is 12.1. The summed E-state index contributed by atoms with van der Waals surface area (Å²) in [5.74, 6) is -0.902. The van der Waals surface area contributed by atoms with E-state index in [4.69, 9.17) is 5.11 Å². The SMILES string of the molecule is O=C(O)C1CCCC1CNCCCOCC(F)(F)F. The van der Waals surface area contributed by atoms with E-state index in [1.54, 1.807) is 0 Å². The lowest BCUT2D eigenvalue weighted by Crippen LogP contribution is -2.30. The van der Waals surface area contributed by atoms with Gasteiger partial charge in [0.25, 0.3) is 0 Å². The number of carbonyl (C=O) groups is 1. The van der Waals surface area contributed by atoms with Gasteiger partial charge in [0.1, 0.15) is 6.61 Å². The van der Waals surface area contributed by atoms with Gasteiger partial charge in [-0.2, -0.15) is 13.2 Å². The lowest BCUT2D eigenvalue weighted by molar-refractivity contribution is -0.173. The fourth-order valence-electron chi connectivity index (χ4n) is 2.38. The number of halogens is 3. The summed E-state index contributed by atoms with van der Waals surface area (Å²) in [6.45, 7) is -0.00676. The van der Waals surface area contributed by atoms with Crippen molar-refractivity contribution in [3.63, 3.8) is 0 Å². The third kappa shape index (κ3) is 6.77. The number of aliphatic carboxylic acids is 1. The van der Waals surface area contributed by atoms with E-state index in [1.165, 1.54) is 0 Å². The van der Waals surface area contributed by atoms with Gasteiger partial charge in [0, 0.05) is 6.61 Å². The maximum Gasteiger partial charge on any atom is 0.411 e. The zero-order valence-electron chi connectivity index (χ0n) is 10.7. The molecule has 0 spiro atoms. The molecule has 1 aliphatic carbocycles. The molecule has 0 aromatic rings. The molecule has 1 rings (SSSR count). The molecule has 112 valence electrons. The number of carboxylic acid groups (broad SMARTS) is 1. The van der Waals surface area contributed by atoms with Gasteiger partial charge in [-0.3, -0.25) is 4.79 Å². The number of nitrogens with one attached hydrogen (secondary N) is 1. The second kappa shape index (κ2) is 7.69. The van der Waals surface area contributed by atoms with E-state index in [0.29, 0.717) is 19.5 Å². The molecule has 0 radical (unpaired) electrons. The van der Waals surface area contributed by atoms with Gasteiger partial charge in [0.2, 0.25) is 0 Å². The molecule has 2 N–H and O–H groups in total. The lowest BCUT2D eigenvalue weighted by Gasteiger charge is -2.16. The Bertz CT molecular complexity index is 284. The van der Waals surface area contributed by atoms with E-state index in [-0.39, 0.29) is 18.4 Å². The van der Waals surface area contributed by atoms with Crippen molar-refractivity contribution in [1.82, 2.24) is 5.32 Å². The smallest absolute Gasteiger partial charge is 0.411 e. The van der Waals surface area contributed by atoms with Crippen LogP contribution in [0.1, 0.15) is 25.7 Å². The normalized spacial score (nSPS) is 23.7. The molecule has 1 fully saturated rings. The first-order chi connectivity index (χ1) is 8.90. The fourth-order valence-corrected chi connectivity index (χ4v) is 2.38. The fraction of sp³-hybridized carbons (Fsp3) is 0.917. The third-order valence-corrected chi connectivity index (χ3v) is 3.29. The van der Waals surface area contributed by atoms with Crippen LogP contribution in [0.15, 0.2) is 0 Å². The molecule has 0 aromatic carbocycles. The average Bonchev–Trinajstić information content (AvgIpc) is 2.74. The van der Waals surface area contributed by atoms with Crippen molar-refractivity contribution < 1.29 is 27.8 Å². The van der Waals surface area contributed by atoms with Crippen molar-refractivity contribution in [1.29, 1.82) is 0 Å². The number of hydrogen-bond acceptors (Lipinski definition) is 3. The van der Waals surface area contributed by atoms with Crippen LogP contribution in [0.4, 0.5) is 13.2 Å². The predicted molar refractivity (Wildman–Crippen MR) is 62.8 cm³/mol. The van der Waals surface area contributed by atoms with Crippen LogP contribution in [-0.2, 0) is 9.53 Å². The number of rotatable bonds is 8. The van der Waals surface area contributed by atoms with E-state index in [0.717, 1.165) is 19.3 Å². The van der Waals surface area contributed by atoms with Gasteiger partial charge in [-0.25, -0.2) is 0 Å². The van der Waals surface area contributed by atoms with Crippen LogP contribution in [0.25, 0.3) is 0 Å². The first kappa shape index (κ1) is 16.2. The summed E-state index contributed by atoms with van der Waals surface area (Å²) in [4.78, 5) is 10.9. The number of carboxylic acids is 1. The summed E-state index contributed by atoms with van der Waals surface area (Å²) < 4.78 is 39.7. The van der Waals surface area contributed by atoms with Crippen LogP contribution in [-0.4, -0.2) is 43.6 Å². The molecule has 0 aliphatic heterocycles. The molecule has 2 unspecified atom stereocenters. The minimum atomic E-state index is -4.27. The maximum atomic E-state index is 11.8. The van der Waals surface area contributed by atoms with Crippen molar-refractivity contribution in [2.75, 3.05) is 26.3 Å². The van der Waals surface area contributed by atoms with Gasteiger partial charge in [0.05, 0.1) is 5.92 Å². The molecule has 7 heteroatoms. The van der Waals surface area contributed by atoms with E-state index in [2.05, 4.69) is 10.1 Å². The summed E-state index contributed by atoms with van der Waals surface area (Å²) >= 11 is 0. The Morgan fingerprint density at radius 2 is 2.11 bits per heavy atom. The largest absolute Gasteiger partial charge is 0.481 e. The van der Waals surface area contributed by atoms with Gasteiger partial charge in [-0.1, -0.05) is 6.42 Å². The first-order valence-electron chi connectivity index (χ1n) is 6.48. The van der Waals surface area contributed by atoms with Crippen molar-refractivity contribution in [2.24, 2.45) is 11.8 Å². The highest BCUT2D eigenvalue weighted by Gasteiger charge is 2.32. The average molecular weight is 283 g/mol. The second-order valence-corrected chi connectivity index (χ2v) is 4.86. The molecule has 0 saturated heterocycles. The molecule has 1 saturated carbocycles. The van der Waals surface area contributed by atoms with Gasteiger partial charge in [-0.05, 0) is 38.3 Å². The van der Waals surface area contributed by atoms with Gasteiger partial charge in [-0.15, -0.1) is 0 Å². The molecule has 19 heavy (non-hydrogen) atoms. The van der Waals surface area contributed by atoms with Crippen molar-refractivity contribution >= 4 is 5.97 Å². The number of ether oxygens (including phenoxy) is 1. The van der Waals surface area contributed by atoms with E-state index >= 15 is 0 Å². The van der Waals surface area contributed by atoms with Crippen LogP contribution in [0.5, 0.6) is 0 Å². The summed E-state index contributed by atoms with van der Waals surface area (Å²) in [6, 6.07) is 0. The Morgan fingerprint density at radius 1 is 1.37 bits per heavy atom. The van der Waals surface area contributed by atoms with Crippen LogP contribution >= 0.6 is 0 Å². The van der Waals surface area contributed by atoms with Crippen LogP contribution < -0.4 is 5.32 Å². The number of hydrogen-bond donors (Lipinski definition) is 2. The van der Waals surface area contributed by atoms with Gasteiger partial charge >= 0.3 is 12.1 Å². The van der Waals surface area contributed by atoms with Crippen LogP contribution in [0, 0.1) is 11.8 Å². The van der Waals surface area contributed by atoms with Crippen LogP contribution in [0.2, 0.25) is 0 Å².